The molecule has 11 heteroatoms. The van der Waals surface area contributed by atoms with Gasteiger partial charge in [-0.1, -0.05) is 61.9 Å². The van der Waals surface area contributed by atoms with Gasteiger partial charge in [0.25, 0.3) is 5.91 Å². The molecule has 5 bridgehead atoms. The molecule has 7 atom stereocenters. The van der Waals surface area contributed by atoms with E-state index in [0.717, 1.165) is 0 Å². The fraction of sp³-hybridized carbons (Fsp3) is 0.533. The summed E-state index contributed by atoms with van der Waals surface area (Å²) < 4.78 is 12.1. The van der Waals surface area contributed by atoms with E-state index in [2.05, 4.69) is 5.32 Å². The number of nitrogens with one attached hydrogen (secondary N) is 1. The third-order valence-corrected chi connectivity index (χ3v) is 8.76. The number of aliphatic hydroxyl groups excluding tert-OH is 1. The van der Waals surface area contributed by atoms with Crippen molar-refractivity contribution < 1.29 is 33.8 Å². The molecule has 4 heterocycles. The molecule has 1 aromatic carbocycles. The number of cyclic esters (lactones) is 1. The van der Waals surface area contributed by atoms with Gasteiger partial charge in [-0.15, -0.1) is 0 Å². The van der Waals surface area contributed by atoms with Crippen LogP contribution in [0.25, 0.3) is 0 Å². The van der Waals surface area contributed by atoms with Crippen molar-refractivity contribution in [3.8, 4) is 0 Å². The van der Waals surface area contributed by atoms with Crippen LogP contribution in [-0.2, 0) is 28.7 Å². The monoisotopic (exact) mass is 585 g/mol. The quantitative estimate of drug-likeness (QED) is 0.410. The summed E-state index contributed by atoms with van der Waals surface area (Å²) in [7, 11) is 0. The molecule has 0 radical (unpaired) electrons. The number of hydrogen-bond acceptors (Lipinski definition) is 7. The first-order valence-electron chi connectivity index (χ1n) is 14.1. The molecule has 0 unspecified atom stereocenters. The number of allylic oxidation sites excluding steroid dienone is 1. The largest absolute Gasteiger partial charge is 0.460 e. The number of ether oxygens (including phenoxy) is 2. The first-order valence-corrected chi connectivity index (χ1v) is 14.5. The lowest BCUT2D eigenvalue weighted by Crippen LogP contribution is -2.59. The van der Waals surface area contributed by atoms with Crippen LogP contribution in [0.2, 0.25) is 5.02 Å². The van der Waals surface area contributed by atoms with Crippen LogP contribution in [0.5, 0.6) is 0 Å². The lowest BCUT2D eigenvalue weighted by Gasteiger charge is -2.40. The molecular formula is C30H36ClN3O7. The van der Waals surface area contributed by atoms with Gasteiger partial charge in [-0.25, -0.2) is 0 Å². The summed E-state index contributed by atoms with van der Waals surface area (Å²) in [4.78, 5) is 57.8. The van der Waals surface area contributed by atoms with Gasteiger partial charge in [0.05, 0.1) is 41.9 Å². The molecule has 3 amide bonds. The zero-order valence-electron chi connectivity index (χ0n) is 23.4. The predicted octanol–water partition coefficient (Wildman–Crippen LogP) is 2.24. The van der Waals surface area contributed by atoms with Crippen LogP contribution in [-0.4, -0.2) is 83.3 Å². The summed E-state index contributed by atoms with van der Waals surface area (Å²) in [5.74, 6) is -3.92. The molecule has 10 nitrogen and oxygen atoms in total. The Labute approximate surface area is 244 Å². The summed E-state index contributed by atoms with van der Waals surface area (Å²) in [6.07, 6.45) is 6.30. The maximum absolute atomic E-state index is 14.7. The highest BCUT2D eigenvalue weighted by Crippen LogP contribution is 2.56. The second kappa shape index (κ2) is 11.6. The number of anilines is 1. The third-order valence-electron chi connectivity index (χ3n) is 8.44. The summed E-state index contributed by atoms with van der Waals surface area (Å²) >= 11 is 6.57. The average Bonchev–Trinajstić information content (AvgIpc) is 3.57. The van der Waals surface area contributed by atoms with E-state index in [1.807, 2.05) is 19.9 Å². The minimum atomic E-state index is -1.43. The number of carbonyl (C=O) groups is 4. The number of fused-ring (bicyclic) bond motifs is 2. The van der Waals surface area contributed by atoms with Gasteiger partial charge in [0.2, 0.25) is 11.8 Å². The van der Waals surface area contributed by atoms with E-state index in [0.29, 0.717) is 17.1 Å². The molecule has 4 aliphatic heterocycles. The normalized spacial score (nSPS) is 33.7. The van der Waals surface area contributed by atoms with E-state index < -0.39 is 59.5 Å². The van der Waals surface area contributed by atoms with Gasteiger partial charge >= 0.3 is 5.97 Å². The van der Waals surface area contributed by atoms with E-state index in [1.165, 1.54) is 9.80 Å². The molecule has 41 heavy (non-hydrogen) atoms. The number of carbonyl (C=O) groups excluding carboxylic acids is 4. The predicted molar refractivity (Wildman–Crippen MR) is 151 cm³/mol. The van der Waals surface area contributed by atoms with Crippen molar-refractivity contribution in [2.45, 2.75) is 63.5 Å². The van der Waals surface area contributed by atoms with Crippen molar-refractivity contribution in [2.24, 2.45) is 17.8 Å². The number of nitrogens with zero attached hydrogens (tertiary/aromatic N) is 2. The smallest absolute Gasteiger partial charge is 0.313 e. The molecule has 5 rings (SSSR count). The van der Waals surface area contributed by atoms with Gasteiger partial charge in [0, 0.05) is 13.0 Å². The molecule has 1 spiro atoms. The Kier molecular flexibility index (Phi) is 8.27. The molecule has 0 aliphatic carbocycles. The first-order chi connectivity index (χ1) is 19.6. The zero-order valence-corrected chi connectivity index (χ0v) is 24.1. The standard InChI is InChI=1S/C30H36ClN3O7/c1-17(2)21(16-35)34-26-28(38)33(20-10-7-6-9-19(20)31)14-8-4-5-11-23(36)32-15-18(3)40-29(39)24-22-12-13-30(26,41-22)25(24)27(34)37/h4,6-10,12-13,17-18,21-22,24-26,35H,5,11,14-16H2,1-3H3,(H,32,36)/b8-4-/t18-,21-,22+,24-,25-,26+,30-/m0/s1. The number of para-hydroxylation sites is 1. The summed E-state index contributed by atoms with van der Waals surface area (Å²) in [5, 5.41) is 13.5. The van der Waals surface area contributed by atoms with Crippen LogP contribution in [0.15, 0.2) is 48.6 Å². The lowest BCUT2D eigenvalue weighted by atomic mass is 9.74. The maximum Gasteiger partial charge on any atom is 0.313 e. The van der Waals surface area contributed by atoms with Gasteiger partial charge < -0.3 is 29.7 Å². The second-order valence-electron chi connectivity index (χ2n) is 11.4. The Balaban J connectivity index is 1.65. The van der Waals surface area contributed by atoms with Crippen LogP contribution >= 0.6 is 11.6 Å². The number of aliphatic hydroxyl groups is 1. The van der Waals surface area contributed by atoms with E-state index in [9.17, 15) is 24.3 Å². The fourth-order valence-electron chi connectivity index (χ4n) is 6.44. The number of esters is 1. The first kappa shape index (κ1) is 29.3. The Morgan fingerprint density at radius 2 is 1.90 bits per heavy atom. The summed E-state index contributed by atoms with van der Waals surface area (Å²) in [6.45, 7) is 5.27. The molecule has 220 valence electrons. The van der Waals surface area contributed by atoms with Crippen LogP contribution < -0.4 is 10.2 Å². The van der Waals surface area contributed by atoms with Crippen LogP contribution in [0.3, 0.4) is 0 Å². The minimum absolute atomic E-state index is 0.116. The van der Waals surface area contributed by atoms with Crippen molar-refractivity contribution in [3.05, 3.63) is 53.6 Å². The van der Waals surface area contributed by atoms with Crippen LogP contribution in [0, 0.1) is 17.8 Å². The van der Waals surface area contributed by atoms with E-state index in [4.69, 9.17) is 21.1 Å². The van der Waals surface area contributed by atoms with Crippen LogP contribution in [0.4, 0.5) is 5.69 Å². The molecule has 4 aliphatic rings. The van der Waals surface area contributed by atoms with E-state index in [1.54, 1.807) is 49.4 Å². The van der Waals surface area contributed by atoms with E-state index in [-0.39, 0.29) is 37.9 Å². The Morgan fingerprint density at radius 3 is 2.61 bits per heavy atom. The topological polar surface area (TPSA) is 125 Å². The summed E-state index contributed by atoms with van der Waals surface area (Å²) in [6, 6.07) is 5.05. The number of amides is 3. The molecule has 2 saturated heterocycles. The molecule has 1 aromatic rings. The summed E-state index contributed by atoms with van der Waals surface area (Å²) in [5.41, 5.74) is -0.988. The zero-order chi connectivity index (χ0) is 29.5. The molecule has 0 aromatic heterocycles. The van der Waals surface area contributed by atoms with Gasteiger partial charge in [-0.05, 0) is 31.4 Å². The van der Waals surface area contributed by atoms with Crippen molar-refractivity contribution in [2.75, 3.05) is 24.6 Å². The number of hydrogen-bond donors (Lipinski definition) is 2. The van der Waals surface area contributed by atoms with Crippen molar-refractivity contribution in [1.29, 1.82) is 0 Å². The van der Waals surface area contributed by atoms with Crippen LogP contribution in [0.1, 0.15) is 33.6 Å². The lowest BCUT2D eigenvalue weighted by molar-refractivity contribution is -0.159. The van der Waals surface area contributed by atoms with Crippen molar-refractivity contribution in [1.82, 2.24) is 10.2 Å². The Morgan fingerprint density at radius 1 is 1.15 bits per heavy atom. The van der Waals surface area contributed by atoms with Gasteiger partial charge in [-0.3, -0.25) is 19.2 Å². The van der Waals surface area contributed by atoms with Gasteiger partial charge in [0.15, 0.2) is 0 Å². The highest BCUT2D eigenvalue weighted by atomic mass is 35.5. The highest BCUT2D eigenvalue weighted by Gasteiger charge is 2.74. The molecule has 2 fully saturated rings. The fourth-order valence-corrected chi connectivity index (χ4v) is 6.67. The highest BCUT2D eigenvalue weighted by molar-refractivity contribution is 6.34. The van der Waals surface area contributed by atoms with Crippen molar-refractivity contribution in [3.63, 3.8) is 0 Å². The van der Waals surface area contributed by atoms with Gasteiger partial charge in [-0.2, -0.15) is 0 Å². The van der Waals surface area contributed by atoms with Crippen molar-refractivity contribution >= 4 is 41.0 Å². The molecular weight excluding hydrogens is 550 g/mol. The third kappa shape index (κ3) is 5.06. The molecule has 0 saturated carbocycles. The number of rotatable bonds is 4. The second-order valence-corrected chi connectivity index (χ2v) is 11.8. The SMILES string of the molecule is CC(C)[C@H](CO)N1C(=O)[C@@H]2[C@H]3C(=O)O[C@@H](C)CNC(=O)CC/C=C\CN(c4ccccc4Cl)C(=O)[C@@H]1[C@]21C=C[C@H]3O1. The number of benzene rings is 1. The van der Waals surface area contributed by atoms with Gasteiger partial charge in [0.1, 0.15) is 23.7 Å². The maximum atomic E-state index is 14.7. The Bertz CT molecular complexity index is 1280. The number of halogens is 1. The molecule has 2 N–H and O–H groups in total. The number of likely N-dealkylation sites (tertiary alicyclic amines) is 1. The minimum Gasteiger partial charge on any atom is -0.460 e. The average molecular weight is 586 g/mol. The van der Waals surface area contributed by atoms with E-state index >= 15 is 0 Å². The Hall–Kier alpha value is -3.21.